The molecule has 2 N–H and O–H groups in total. The molecule has 0 aliphatic carbocycles. The van der Waals surface area contributed by atoms with Crippen LogP contribution >= 0.6 is 0 Å². The van der Waals surface area contributed by atoms with Crippen LogP contribution in [-0.4, -0.2) is 63.8 Å². The Kier molecular flexibility index (Phi) is 5.53. The highest BCUT2D eigenvalue weighted by Gasteiger charge is 2.19. The monoisotopic (exact) mass is 188 g/mol. The van der Waals surface area contributed by atoms with Crippen LogP contribution in [0.3, 0.4) is 0 Å². The summed E-state index contributed by atoms with van der Waals surface area (Å²) in [6.07, 6.45) is 2.34. The van der Waals surface area contributed by atoms with Gasteiger partial charge in [0.05, 0.1) is 33.7 Å². The van der Waals surface area contributed by atoms with Gasteiger partial charge in [-0.05, 0) is 33.5 Å². The third-order valence-corrected chi connectivity index (χ3v) is 2.23. The predicted molar refractivity (Wildman–Crippen MR) is 58.7 cm³/mol. The lowest BCUT2D eigenvalue weighted by Crippen LogP contribution is -2.46. The van der Waals surface area contributed by atoms with Crippen LogP contribution in [-0.2, 0) is 0 Å². The van der Waals surface area contributed by atoms with Gasteiger partial charge in [0.15, 0.2) is 0 Å². The summed E-state index contributed by atoms with van der Waals surface area (Å²) in [5.41, 5.74) is 5.52. The van der Waals surface area contributed by atoms with Gasteiger partial charge < -0.3 is 15.1 Å². The Bertz CT molecular complexity index is 127. The van der Waals surface area contributed by atoms with Crippen molar-refractivity contribution < 1.29 is 4.48 Å². The normalized spacial score (nSPS) is 15.0. The number of nitrogens with two attached hydrogens (primary N) is 1. The Balaban J connectivity index is 3.95. The van der Waals surface area contributed by atoms with Crippen molar-refractivity contribution in [3.05, 3.63) is 0 Å². The van der Waals surface area contributed by atoms with Gasteiger partial charge in [0.1, 0.15) is 0 Å². The standard InChI is InChI=1S/C10H26N3/c1-12(2)10(7-6-8-11)9-13(3,4)5/h10H,6-9,11H2,1-5H3/q+1. The Labute approximate surface area is 83.1 Å². The van der Waals surface area contributed by atoms with Crippen LogP contribution < -0.4 is 5.73 Å². The van der Waals surface area contributed by atoms with Crippen molar-refractivity contribution >= 4 is 0 Å². The number of rotatable bonds is 6. The van der Waals surface area contributed by atoms with Crippen molar-refractivity contribution in [2.45, 2.75) is 18.9 Å². The molecule has 0 rings (SSSR count). The molecule has 1 unspecified atom stereocenters. The summed E-state index contributed by atoms with van der Waals surface area (Å²) in [6.45, 7) is 1.99. The van der Waals surface area contributed by atoms with Crippen LogP contribution in [0.5, 0.6) is 0 Å². The summed E-state index contributed by atoms with van der Waals surface area (Å²) in [5.74, 6) is 0. The maximum absolute atomic E-state index is 5.52. The zero-order valence-corrected chi connectivity index (χ0v) is 9.88. The highest BCUT2D eigenvalue weighted by Crippen LogP contribution is 2.06. The summed E-state index contributed by atoms with van der Waals surface area (Å²) in [4.78, 5) is 2.30. The van der Waals surface area contributed by atoms with Gasteiger partial charge in [-0.2, -0.15) is 0 Å². The van der Waals surface area contributed by atoms with Crippen LogP contribution in [0.25, 0.3) is 0 Å². The molecule has 0 amide bonds. The van der Waals surface area contributed by atoms with Crippen molar-refractivity contribution in [1.29, 1.82) is 0 Å². The molecule has 0 aromatic rings. The smallest absolute Gasteiger partial charge is 0.0938 e. The summed E-state index contributed by atoms with van der Waals surface area (Å²) in [6, 6.07) is 0.656. The van der Waals surface area contributed by atoms with Crippen LogP contribution in [0, 0.1) is 0 Å². The first kappa shape index (κ1) is 12.9. The molecule has 0 spiro atoms. The molecular formula is C10H26N3+. The molecule has 13 heavy (non-hydrogen) atoms. The van der Waals surface area contributed by atoms with E-state index in [0.29, 0.717) is 6.04 Å². The first-order chi connectivity index (χ1) is 5.87. The van der Waals surface area contributed by atoms with Crippen LogP contribution in [0.15, 0.2) is 0 Å². The molecule has 1 atom stereocenters. The molecule has 80 valence electrons. The number of quaternary nitrogens is 1. The fraction of sp³-hybridized carbons (Fsp3) is 1.00. The van der Waals surface area contributed by atoms with E-state index in [0.717, 1.165) is 17.4 Å². The Morgan fingerprint density at radius 3 is 2.08 bits per heavy atom. The fourth-order valence-electron chi connectivity index (χ4n) is 1.50. The van der Waals surface area contributed by atoms with E-state index < -0.39 is 0 Å². The maximum atomic E-state index is 5.52. The van der Waals surface area contributed by atoms with Crippen molar-refractivity contribution in [1.82, 2.24) is 4.90 Å². The van der Waals surface area contributed by atoms with E-state index in [2.05, 4.69) is 40.1 Å². The zero-order chi connectivity index (χ0) is 10.5. The van der Waals surface area contributed by atoms with Gasteiger partial charge in [-0.3, -0.25) is 0 Å². The van der Waals surface area contributed by atoms with E-state index in [1.807, 2.05) is 0 Å². The molecule has 0 fully saturated rings. The van der Waals surface area contributed by atoms with Crippen molar-refractivity contribution in [2.24, 2.45) is 5.73 Å². The number of hydrogen-bond donors (Lipinski definition) is 1. The first-order valence-electron chi connectivity index (χ1n) is 5.04. The lowest BCUT2D eigenvalue weighted by Gasteiger charge is -2.32. The maximum Gasteiger partial charge on any atom is 0.0938 e. The quantitative estimate of drug-likeness (QED) is 0.610. The summed E-state index contributed by atoms with van der Waals surface area (Å²) in [7, 11) is 11.0. The van der Waals surface area contributed by atoms with E-state index in [-0.39, 0.29) is 0 Å². The molecular weight excluding hydrogens is 162 g/mol. The van der Waals surface area contributed by atoms with Gasteiger partial charge in [-0.15, -0.1) is 0 Å². The SMILES string of the molecule is CN(C)C(CCCN)C[N+](C)(C)C. The molecule has 0 radical (unpaired) electrons. The van der Waals surface area contributed by atoms with Gasteiger partial charge in [-0.1, -0.05) is 0 Å². The summed E-state index contributed by atoms with van der Waals surface area (Å²) in [5, 5.41) is 0. The molecule has 3 nitrogen and oxygen atoms in total. The minimum absolute atomic E-state index is 0.656. The van der Waals surface area contributed by atoms with Gasteiger partial charge in [0, 0.05) is 0 Å². The van der Waals surface area contributed by atoms with E-state index in [1.54, 1.807) is 0 Å². The van der Waals surface area contributed by atoms with Crippen LogP contribution in [0.1, 0.15) is 12.8 Å². The second-order valence-electron chi connectivity index (χ2n) is 5.02. The summed E-state index contributed by atoms with van der Waals surface area (Å²) >= 11 is 0. The predicted octanol–water partition coefficient (Wildman–Crippen LogP) is 0.362. The number of likely N-dealkylation sites (N-methyl/N-ethyl adjacent to an activating group) is 2. The molecule has 0 aliphatic heterocycles. The minimum atomic E-state index is 0.656. The fourth-order valence-corrected chi connectivity index (χ4v) is 1.50. The van der Waals surface area contributed by atoms with Crippen molar-refractivity contribution in [2.75, 3.05) is 48.3 Å². The van der Waals surface area contributed by atoms with Crippen LogP contribution in [0.2, 0.25) is 0 Å². The second kappa shape index (κ2) is 5.58. The Morgan fingerprint density at radius 2 is 1.77 bits per heavy atom. The summed E-state index contributed by atoms with van der Waals surface area (Å²) < 4.78 is 1.02. The largest absolute Gasteiger partial charge is 0.330 e. The Hall–Kier alpha value is -0.120. The van der Waals surface area contributed by atoms with Crippen molar-refractivity contribution in [3.8, 4) is 0 Å². The molecule has 0 saturated carbocycles. The molecule has 0 aromatic carbocycles. The molecule has 0 heterocycles. The van der Waals surface area contributed by atoms with Gasteiger partial charge in [0.2, 0.25) is 0 Å². The average molecular weight is 188 g/mol. The van der Waals surface area contributed by atoms with Crippen LogP contribution in [0.4, 0.5) is 0 Å². The number of hydrogen-bond acceptors (Lipinski definition) is 2. The highest BCUT2D eigenvalue weighted by atomic mass is 15.3. The second-order valence-corrected chi connectivity index (χ2v) is 5.02. The van der Waals surface area contributed by atoms with Gasteiger partial charge in [-0.25, -0.2) is 0 Å². The van der Waals surface area contributed by atoms with E-state index in [4.69, 9.17) is 5.73 Å². The van der Waals surface area contributed by atoms with Crippen molar-refractivity contribution in [3.63, 3.8) is 0 Å². The lowest BCUT2D eigenvalue weighted by atomic mass is 10.1. The Morgan fingerprint density at radius 1 is 1.23 bits per heavy atom. The van der Waals surface area contributed by atoms with Gasteiger partial charge in [0.25, 0.3) is 0 Å². The molecule has 0 aliphatic rings. The third-order valence-electron chi connectivity index (χ3n) is 2.23. The highest BCUT2D eigenvalue weighted by molar-refractivity contribution is 4.65. The van der Waals surface area contributed by atoms with E-state index in [1.165, 1.54) is 13.0 Å². The molecule has 0 saturated heterocycles. The van der Waals surface area contributed by atoms with E-state index >= 15 is 0 Å². The molecule has 0 bridgehead atoms. The topological polar surface area (TPSA) is 29.3 Å². The van der Waals surface area contributed by atoms with E-state index in [9.17, 15) is 0 Å². The van der Waals surface area contributed by atoms with Gasteiger partial charge >= 0.3 is 0 Å². The molecule has 0 aromatic heterocycles. The minimum Gasteiger partial charge on any atom is -0.330 e. The molecule has 3 heteroatoms. The zero-order valence-electron chi connectivity index (χ0n) is 9.88. The first-order valence-corrected chi connectivity index (χ1v) is 5.04. The lowest BCUT2D eigenvalue weighted by molar-refractivity contribution is -0.872. The number of nitrogens with zero attached hydrogens (tertiary/aromatic N) is 2. The third kappa shape index (κ3) is 6.99. The average Bonchev–Trinajstić information content (AvgIpc) is 1.95.